The van der Waals surface area contributed by atoms with E-state index < -0.39 is 0 Å². The molecule has 1 amide bonds. The summed E-state index contributed by atoms with van der Waals surface area (Å²) in [5.74, 6) is 0.786. The number of carbonyl (C=O) groups excluding carboxylic acids is 1. The molecule has 1 aliphatic rings. The maximum Gasteiger partial charge on any atom is 0.249 e. The first-order valence-electron chi connectivity index (χ1n) is 10.5. The molecule has 8 heteroatoms. The van der Waals surface area contributed by atoms with Crippen molar-refractivity contribution >= 4 is 6.41 Å². The van der Waals surface area contributed by atoms with Crippen molar-refractivity contribution in [2.24, 2.45) is 5.73 Å². The van der Waals surface area contributed by atoms with E-state index in [1.165, 1.54) is 6.07 Å². The molecule has 1 saturated heterocycles. The van der Waals surface area contributed by atoms with Gasteiger partial charge < -0.3 is 15.2 Å². The summed E-state index contributed by atoms with van der Waals surface area (Å²) in [5, 5.41) is 3.91. The summed E-state index contributed by atoms with van der Waals surface area (Å²) in [7, 11) is 0. The Bertz CT molecular complexity index is 917. The van der Waals surface area contributed by atoms with Crippen LogP contribution in [0.3, 0.4) is 0 Å². The lowest BCUT2D eigenvalue weighted by Crippen LogP contribution is -2.21. The molecule has 2 unspecified atom stereocenters. The number of nitrogens with zero attached hydrogens (tertiary/aromatic N) is 4. The van der Waals surface area contributed by atoms with Crippen LogP contribution in [0.4, 0.5) is 4.39 Å². The van der Waals surface area contributed by atoms with Gasteiger partial charge >= 0.3 is 0 Å². The first-order chi connectivity index (χ1) is 15.1. The van der Waals surface area contributed by atoms with Crippen molar-refractivity contribution in [2.45, 2.75) is 52.1 Å². The van der Waals surface area contributed by atoms with Crippen LogP contribution in [0.15, 0.2) is 53.2 Å². The number of likely N-dealkylation sites (tertiary alicyclic amines) is 1. The van der Waals surface area contributed by atoms with Crippen LogP contribution >= 0.6 is 0 Å². The van der Waals surface area contributed by atoms with Crippen molar-refractivity contribution in [3.05, 3.63) is 65.9 Å². The molecule has 166 valence electrons. The maximum absolute atomic E-state index is 12.9. The van der Waals surface area contributed by atoms with Gasteiger partial charge in [0, 0.05) is 18.8 Å². The van der Waals surface area contributed by atoms with Gasteiger partial charge in [-0.2, -0.15) is 4.98 Å². The minimum absolute atomic E-state index is 0.0203. The minimum atomic E-state index is -0.162. The highest BCUT2D eigenvalue weighted by Gasteiger charge is 2.29. The predicted molar refractivity (Wildman–Crippen MR) is 117 cm³/mol. The van der Waals surface area contributed by atoms with Gasteiger partial charge in [-0.05, 0) is 49.9 Å². The van der Waals surface area contributed by atoms with Gasteiger partial charge in [0.15, 0.2) is 0 Å². The number of benzene rings is 1. The summed E-state index contributed by atoms with van der Waals surface area (Å²) in [5.41, 5.74) is 6.89. The Balaban J connectivity index is 0.000000226. The average molecular weight is 428 g/mol. The smallest absolute Gasteiger partial charge is 0.249 e. The van der Waals surface area contributed by atoms with E-state index in [0.29, 0.717) is 29.4 Å². The fraction of sp³-hybridized carbons (Fsp3) is 0.391. The molecule has 4 rings (SSSR count). The normalized spacial score (nSPS) is 15.9. The van der Waals surface area contributed by atoms with E-state index in [2.05, 4.69) is 15.1 Å². The molecular weight excluding hydrogens is 397 g/mol. The van der Waals surface area contributed by atoms with Crippen molar-refractivity contribution < 1.29 is 13.7 Å². The Morgan fingerprint density at radius 1 is 1.26 bits per heavy atom. The van der Waals surface area contributed by atoms with Gasteiger partial charge in [0.05, 0.1) is 0 Å². The number of carbonyl (C=O) groups is 1. The van der Waals surface area contributed by atoms with Gasteiger partial charge in [-0.1, -0.05) is 43.3 Å². The number of halogens is 1. The highest BCUT2D eigenvalue weighted by atomic mass is 19.1. The maximum atomic E-state index is 12.9. The number of amides is 1. The van der Waals surface area contributed by atoms with Gasteiger partial charge in [0.25, 0.3) is 0 Å². The zero-order valence-electron chi connectivity index (χ0n) is 18.2. The topological polar surface area (TPSA) is 98.1 Å². The van der Waals surface area contributed by atoms with Crippen molar-refractivity contribution in [1.29, 1.82) is 0 Å². The third-order valence-electron chi connectivity index (χ3n) is 4.55. The Morgan fingerprint density at radius 2 is 2.00 bits per heavy atom. The van der Waals surface area contributed by atoms with Crippen LogP contribution < -0.4 is 5.73 Å². The van der Waals surface area contributed by atoms with Crippen LogP contribution in [-0.4, -0.2) is 39.0 Å². The van der Waals surface area contributed by atoms with E-state index in [1.807, 2.05) is 45.0 Å². The molecule has 3 aromatic rings. The SMILES string of the molecule is CC.CC(N)Cc1ccccc1F.O=CN1CCCC1c1nc(-c2ccccn2)no1. The molecule has 31 heavy (non-hydrogen) atoms. The van der Waals surface area contributed by atoms with Crippen molar-refractivity contribution in [3.63, 3.8) is 0 Å². The average Bonchev–Trinajstić information content (AvgIpc) is 3.47. The molecule has 2 aromatic heterocycles. The lowest BCUT2D eigenvalue weighted by molar-refractivity contribution is -0.119. The number of aromatic nitrogens is 3. The lowest BCUT2D eigenvalue weighted by atomic mass is 10.1. The molecule has 1 aliphatic heterocycles. The monoisotopic (exact) mass is 427 g/mol. The molecule has 0 radical (unpaired) electrons. The summed E-state index contributed by atoms with van der Waals surface area (Å²) in [4.78, 5) is 21.1. The molecule has 0 aliphatic carbocycles. The molecule has 0 spiro atoms. The second-order valence-electron chi connectivity index (χ2n) is 6.95. The summed E-state index contributed by atoms with van der Waals surface area (Å²) in [6.45, 7) is 6.61. The Kier molecular flexibility index (Phi) is 9.77. The third kappa shape index (κ3) is 6.96. The number of rotatable bonds is 5. The van der Waals surface area contributed by atoms with Crippen LogP contribution in [0.25, 0.3) is 11.5 Å². The molecule has 0 saturated carbocycles. The summed E-state index contributed by atoms with van der Waals surface area (Å²) in [6.07, 6.45) is 4.95. The molecule has 7 nitrogen and oxygen atoms in total. The zero-order valence-corrected chi connectivity index (χ0v) is 18.2. The minimum Gasteiger partial charge on any atom is -0.337 e. The molecule has 2 N–H and O–H groups in total. The molecular formula is C23H30FN5O2. The highest BCUT2D eigenvalue weighted by Crippen LogP contribution is 2.30. The number of nitrogens with two attached hydrogens (primary N) is 1. The summed E-state index contributed by atoms with van der Waals surface area (Å²) >= 11 is 0. The largest absolute Gasteiger partial charge is 0.337 e. The Hall–Kier alpha value is -3.13. The van der Waals surface area contributed by atoms with Crippen LogP contribution in [-0.2, 0) is 11.2 Å². The van der Waals surface area contributed by atoms with Gasteiger partial charge in [0.1, 0.15) is 17.6 Å². The van der Waals surface area contributed by atoms with Gasteiger partial charge in [0.2, 0.25) is 18.1 Å². The van der Waals surface area contributed by atoms with Crippen molar-refractivity contribution in [3.8, 4) is 11.5 Å². The van der Waals surface area contributed by atoms with Crippen LogP contribution in [0.1, 0.15) is 51.1 Å². The van der Waals surface area contributed by atoms with E-state index in [0.717, 1.165) is 25.8 Å². The predicted octanol–water partition coefficient (Wildman–Crippen LogP) is 4.17. The fourth-order valence-electron chi connectivity index (χ4n) is 3.16. The first-order valence-corrected chi connectivity index (χ1v) is 10.5. The van der Waals surface area contributed by atoms with E-state index in [4.69, 9.17) is 10.3 Å². The summed E-state index contributed by atoms with van der Waals surface area (Å²) in [6, 6.07) is 12.2. The number of hydrogen-bond donors (Lipinski definition) is 1. The number of hydrogen-bond acceptors (Lipinski definition) is 6. The Labute approximate surface area is 182 Å². The highest BCUT2D eigenvalue weighted by molar-refractivity contribution is 5.50. The summed E-state index contributed by atoms with van der Waals surface area (Å²) < 4.78 is 18.1. The number of pyridine rings is 1. The first kappa shape index (κ1) is 24.1. The fourth-order valence-corrected chi connectivity index (χ4v) is 3.16. The lowest BCUT2D eigenvalue weighted by Gasteiger charge is -2.14. The second kappa shape index (κ2) is 12.5. The molecule has 3 heterocycles. The van der Waals surface area contributed by atoms with Crippen LogP contribution in [0.2, 0.25) is 0 Å². The standard InChI is InChI=1S/C12H12N4O2.C9H12FN.C2H6/c17-8-16-7-3-5-10(16)12-14-11(15-18-12)9-4-1-2-6-13-9;1-7(11)6-8-4-2-3-5-9(8)10;1-2/h1-2,4,6,8,10H,3,5,7H2;2-5,7H,6,11H2,1H3;1-2H3. The van der Waals surface area contributed by atoms with Crippen molar-refractivity contribution in [1.82, 2.24) is 20.0 Å². The van der Waals surface area contributed by atoms with Crippen LogP contribution in [0.5, 0.6) is 0 Å². The van der Waals surface area contributed by atoms with E-state index in [-0.39, 0.29) is 17.9 Å². The Morgan fingerprint density at radius 3 is 2.65 bits per heavy atom. The molecule has 1 fully saturated rings. The molecule has 0 bridgehead atoms. The van der Waals surface area contributed by atoms with E-state index in [9.17, 15) is 9.18 Å². The van der Waals surface area contributed by atoms with Crippen LogP contribution in [0, 0.1) is 5.82 Å². The van der Waals surface area contributed by atoms with Gasteiger partial charge in [-0.3, -0.25) is 9.78 Å². The molecule has 2 atom stereocenters. The van der Waals surface area contributed by atoms with E-state index in [1.54, 1.807) is 23.2 Å². The van der Waals surface area contributed by atoms with E-state index >= 15 is 0 Å². The van der Waals surface area contributed by atoms with Gasteiger partial charge in [-0.15, -0.1) is 0 Å². The zero-order chi connectivity index (χ0) is 22.6. The quantitative estimate of drug-likeness (QED) is 0.614. The van der Waals surface area contributed by atoms with Gasteiger partial charge in [-0.25, -0.2) is 4.39 Å². The second-order valence-corrected chi connectivity index (χ2v) is 6.95. The molecule has 1 aromatic carbocycles. The van der Waals surface area contributed by atoms with Crippen molar-refractivity contribution in [2.75, 3.05) is 6.54 Å². The third-order valence-corrected chi connectivity index (χ3v) is 4.55.